The number of phenolic OH excluding ortho intramolecular Hbond substituents is 1. The van der Waals surface area contributed by atoms with Crippen molar-refractivity contribution in [3.8, 4) is 11.5 Å². The van der Waals surface area contributed by atoms with Gasteiger partial charge in [-0.2, -0.15) is 0 Å². The highest BCUT2D eigenvalue weighted by molar-refractivity contribution is 7.88. The number of hydrogen-bond donors (Lipinski definition) is 3. The molecule has 108 valence electrons. The van der Waals surface area contributed by atoms with Crippen LogP contribution >= 0.6 is 0 Å². The summed E-state index contributed by atoms with van der Waals surface area (Å²) in [5, 5.41) is 12.7. The average Bonchev–Trinajstić information content (AvgIpc) is 2.33. The number of ether oxygens (including phenoxy) is 1. The van der Waals surface area contributed by atoms with E-state index in [0.29, 0.717) is 18.8 Å². The topological polar surface area (TPSA) is 87.7 Å². The minimum atomic E-state index is -3.15. The van der Waals surface area contributed by atoms with Crippen molar-refractivity contribution < 1.29 is 18.3 Å². The van der Waals surface area contributed by atoms with Crippen LogP contribution in [0.5, 0.6) is 11.5 Å². The highest BCUT2D eigenvalue weighted by Crippen LogP contribution is 2.28. The highest BCUT2D eigenvalue weighted by Gasteiger charge is 2.09. The van der Waals surface area contributed by atoms with E-state index >= 15 is 0 Å². The van der Waals surface area contributed by atoms with Crippen molar-refractivity contribution in [3.05, 3.63) is 23.8 Å². The Balaban J connectivity index is 2.52. The van der Waals surface area contributed by atoms with Crippen LogP contribution in [0.25, 0.3) is 0 Å². The molecule has 1 aromatic rings. The predicted molar refractivity (Wildman–Crippen MR) is 73.9 cm³/mol. The molecule has 6 nitrogen and oxygen atoms in total. The molecule has 19 heavy (non-hydrogen) atoms. The lowest BCUT2D eigenvalue weighted by Crippen LogP contribution is -2.32. The van der Waals surface area contributed by atoms with Gasteiger partial charge in [-0.3, -0.25) is 0 Å². The molecular weight excluding hydrogens is 268 g/mol. The van der Waals surface area contributed by atoms with Crippen LogP contribution in [0.3, 0.4) is 0 Å². The minimum Gasteiger partial charge on any atom is -0.504 e. The number of rotatable bonds is 7. The van der Waals surface area contributed by atoms with Crippen LogP contribution in [-0.4, -0.2) is 40.0 Å². The Hall–Kier alpha value is -1.31. The summed E-state index contributed by atoms with van der Waals surface area (Å²) in [5.41, 5.74) is 0.953. The third kappa shape index (κ3) is 5.46. The van der Waals surface area contributed by atoms with Crippen LogP contribution in [-0.2, 0) is 10.0 Å². The number of methoxy groups -OCH3 is 1. The fourth-order valence-electron chi connectivity index (χ4n) is 1.61. The summed E-state index contributed by atoms with van der Waals surface area (Å²) in [6, 6.07) is 5.13. The number of sulfonamides is 1. The van der Waals surface area contributed by atoms with Crippen LogP contribution in [0.15, 0.2) is 18.2 Å². The number of benzene rings is 1. The van der Waals surface area contributed by atoms with E-state index in [0.717, 1.165) is 11.8 Å². The Morgan fingerprint density at radius 1 is 1.37 bits per heavy atom. The molecular formula is C12H20N2O4S. The molecule has 0 bridgehead atoms. The van der Waals surface area contributed by atoms with E-state index in [4.69, 9.17) is 4.74 Å². The van der Waals surface area contributed by atoms with Crippen molar-refractivity contribution in [1.82, 2.24) is 10.0 Å². The molecule has 7 heteroatoms. The number of hydrogen-bond acceptors (Lipinski definition) is 5. The van der Waals surface area contributed by atoms with Crippen LogP contribution < -0.4 is 14.8 Å². The maximum atomic E-state index is 10.9. The molecule has 1 rings (SSSR count). The summed E-state index contributed by atoms with van der Waals surface area (Å²) >= 11 is 0. The summed E-state index contributed by atoms with van der Waals surface area (Å²) in [7, 11) is -1.65. The largest absolute Gasteiger partial charge is 0.504 e. The molecule has 0 fully saturated rings. The molecule has 0 radical (unpaired) electrons. The summed E-state index contributed by atoms with van der Waals surface area (Å²) in [5.74, 6) is 0.512. The smallest absolute Gasteiger partial charge is 0.208 e. The zero-order chi connectivity index (χ0) is 14.5. The van der Waals surface area contributed by atoms with Gasteiger partial charge in [0.25, 0.3) is 0 Å². The van der Waals surface area contributed by atoms with Gasteiger partial charge >= 0.3 is 0 Å². The molecule has 0 aliphatic carbocycles. The molecule has 1 atom stereocenters. The predicted octanol–water partition coefficient (Wildman–Crippen LogP) is 0.601. The van der Waals surface area contributed by atoms with E-state index < -0.39 is 10.0 Å². The van der Waals surface area contributed by atoms with E-state index in [-0.39, 0.29) is 11.8 Å². The molecule has 1 unspecified atom stereocenters. The minimum absolute atomic E-state index is 0.0239. The quantitative estimate of drug-likeness (QED) is 0.640. The Bertz CT molecular complexity index is 516. The van der Waals surface area contributed by atoms with Crippen LogP contribution in [0, 0.1) is 0 Å². The molecule has 0 spiro atoms. The maximum Gasteiger partial charge on any atom is 0.208 e. The van der Waals surface area contributed by atoms with E-state index in [1.807, 2.05) is 6.92 Å². The zero-order valence-corrected chi connectivity index (χ0v) is 12.1. The fraction of sp³-hybridized carbons (Fsp3) is 0.500. The van der Waals surface area contributed by atoms with Gasteiger partial charge in [-0.25, -0.2) is 13.1 Å². The van der Waals surface area contributed by atoms with Gasteiger partial charge < -0.3 is 15.2 Å². The molecule has 0 aliphatic heterocycles. The second kappa shape index (κ2) is 6.74. The van der Waals surface area contributed by atoms with Crippen molar-refractivity contribution in [2.75, 3.05) is 26.5 Å². The third-order valence-electron chi connectivity index (χ3n) is 2.64. The zero-order valence-electron chi connectivity index (χ0n) is 11.3. The van der Waals surface area contributed by atoms with Crippen molar-refractivity contribution >= 4 is 10.0 Å². The molecule has 3 N–H and O–H groups in total. The van der Waals surface area contributed by atoms with Gasteiger partial charge in [0.2, 0.25) is 10.0 Å². The fourth-order valence-corrected chi connectivity index (χ4v) is 2.08. The van der Waals surface area contributed by atoms with Gasteiger partial charge in [-0.1, -0.05) is 6.07 Å². The highest BCUT2D eigenvalue weighted by atomic mass is 32.2. The van der Waals surface area contributed by atoms with E-state index in [1.165, 1.54) is 7.11 Å². The van der Waals surface area contributed by atoms with Crippen molar-refractivity contribution in [2.24, 2.45) is 0 Å². The number of phenols is 1. The van der Waals surface area contributed by atoms with Gasteiger partial charge in [0.05, 0.1) is 13.4 Å². The third-order valence-corrected chi connectivity index (χ3v) is 3.37. The SMILES string of the molecule is COc1cc(C(C)NCCNS(C)(=O)=O)ccc1O. The summed E-state index contributed by atoms with van der Waals surface area (Å²) in [4.78, 5) is 0. The van der Waals surface area contributed by atoms with E-state index in [2.05, 4.69) is 10.0 Å². The van der Waals surface area contributed by atoms with Crippen molar-refractivity contribution in [3.63, 3.8) is 0 Å². The lowest BCUT2D eigenvalue weighted by atomic mass is 10.1. The average molecular weight is 288 g/mol. The lowest BCUT2D eigenvalue weighted by Gasteiger charge is -2.15. The summed E-state index contributed by atoms with van der Waals surface area (Å²) in [6.07, 6.45) is 1.13. The van der Waals surface area contributed by atoms with Crippen LogP contribution in [0.2, 0.25) is 0 Å². The maximum absolute atomic E-state index is 10.9. The number of nitrogens with one attached hydrogen (secondary N) is 2. The normalized spacial score (nSPS) is 13.2. The first kappa shape index (κ1) is 15.7. The molecule has 0 saturated carbocycles. The molecule has 0 heterocycles. The Morgan fingerprint density at radius 3 is 2.63 bits per heavy atom. The van der Waals surface area contributed by atoms with Crippen LogP contribution in [0.4, 0.5) is 0 Å². The Kier molecular flexibility index (Phi) is 5.59. The molecule has 0 aromatic heterocycles. The second-order valence-electron chi connectivity index (χ2n) is 4.27. The molecule has 1 aromatic carbocycles. The van der Waals surface area contributed by atoms with E-state index in [9.17, 15) is 13.5 Å². The Labute approximate surface area is 113 Å². The first-order chi connectivity index (χ1) is 8.83. The summed E-state index contributed by atoms with van der Waals surface area (Å²) in [6.45, 7) is 2.79. The van der Waals surface area contributed by atoms with Gasteiger partial charge in [0.15, 0.2) is 11.5 Å². The first-order valence-corrected chi connectivity index (χ1v) is 7.77. The van der Waals surface area contributed by atoms with Gasteiger partial charge in [0.1, 0.15) is 0 Å². The first-order valence-electron chi connectivity index (χ1n) is 5.88. The van der Waals surface area contributed by atoms with Gasteiger partial charge in [0, 0.05) is 19.1 Å². The second-order valence-corrected chi connectivity index (χ2v) is 6.11. The number of aromatic hydroxyl groups is 1. The molecule has 0 saturated heterocycles. The molecule has 0 aliphatic rings. The van der Waals surface area contributed by atoms with Crippen molar-refractivity contribution in [2.45, 2.75) is 13.0 Å². The summed E-state index contributed by atoms with van der Waals surface area (Å²) < 4.78 is 29.2. The standard InChI is InChI=1S/C12H20N2O4S/c1-9(13-6-7-14-19(3,16)17)10-4-5-11(15)12(8-10)18-2/h4-5,8-9,13-15H,6-7H2,1-3H3. The monoisotopic (exact) mass is 288 g/mol. The van der Waals surface area contributed by atoms with E-state index in [1.54, 1.807) is 18.2 Å². The van der Waals surface area contributed by atoms with Gasteiger partial charge in [-0.05, 0) is 24.6 Å². The van der Waals surface area contributed by atoms with Crippen molar-refractivity contribution in [1.29, 1.82) is 0 Å². The van der Waals surface area contributed by atoms with Crippen LogP contribution in [0.1, 0.15) is 18.5 Å². The Morgan fingerprint density at radius 2 is 2.05 bits per heavy atom. The molecule has 0 amide bonds. The van der Waals surface area contributed by atoms with Gasteiger partial charge in [-0.15, -0.1) is 0 Å². The lowest BCUT2D eigenvalue weighted by molar-refractivity contribution is 0.372.